The third-order valence-corrected chi connectivity index (χ3v) is 4.62. The van der Waals surface area contributed by atoms with E-state index >= 15 is 0 Å². The molecule has 7 heteroatoms. The SMILES string of the molecule is O=C(O)C1CCN(c2cc(-n3ccnc3)c3ccc(Cl)cc3n2)C1. The second-order valence-electron chi connectivity index (χ2n) is 5.90. The summed E-state index contributed by atoms with van der Waals surface area (Å²) in [6.07, 6.45) is 5.96. The van der Waals surface area contributed by atoms with E-state index in [1.165, 1.54) is 0 Å². The minimum Gasteiger partial charge on any atom is -0.481 e. The lowest BCUT2D eigenvalue weighted by Gasteiger charge is -2.19. The monoisotopic (exact) mass is 342 g/mol. The number of pyridine rings is 1. The number of benzene rings is 1. The third-order valence-electron chi connectivity index (χ3n) is 4.38. The van der Waals surface area contributed by atoms with Crippen molar-refractivity contribution in [3.63, 3.8) is 0 Å². The first-order chi connectivity index (χ1) is 11.6. The van der Waals surface area contributed by atoms with Gasteiger partial charge in [0, 0.05) is 42.0 Å². The Morgan fingerprint density at radius 3 is 2.92 bits per heavy atom. The van der Waals surface area contributed by atoms with Gasteiger partial charge in [0.1, 0.15) is 5.82 Å². The highest BCUT2D eigenvalue weighted by Gasteiger charge is 2.29. The highest BCUT2D eigenvalue weighted by atomic mass is 35.5. The van der Waals surface area contributed by atoms with E-state index in [-0.39, 0.29) is 5.92 Å². The first kappa shape index (κ1) is 15.0. The van der Waals surface area contributed by atoms with E-state index in [1.807, 2.05) is 39.9 Å². The van der Waals surface area contributed by atoms with Crippen molar-refractivity contribution in [1.82, 2.24) is 14.5 Å². The van der Waals surface area contributed by atoms with Gasteiger partial charge in [0.05, 0.1) is 23.4 Å². The highest BCUT2D eigenvalue weighted by Crippen LogP contribution is 2.30. The summed E-state index contributed by atoms with van der Waals surface area (Å²) in [4.78, 5) is 22.0. The van der Waals surface area contributed by atoms with Crippen LogP contribution in [0.1, 0.15) is 6.42 Å². The maximum absolute atomic E-state index is 11.2. The van der Waals surface area contributed by atoms with Gasteiger partial charge in [-0.05, 0) is 24.6 Å². The van der Waals surface area contributed by atoms with Crippen molar-refractivity contribution in [3.8, 4) is 5.69 Å². The number of halogens is 1. The summed E-state index contributed by atoms with van der Waals surface area (Å²) < 4.78 is 1.92. The van der Waals surface area contributed by atoms with Crippen molar-refractivity contribution >= 4 is 34.3 Å². The van der Waals surface area contributed by atoms with Crippen LogP contribution in [0.15, 0.2) is 43.0 Å². The maximum atomic E-state index is 11.2. The molecular weight excluding hydrogens is 328 g/mol. The predicted octanol–water partition coefficient (Wildman–Crippen LogP) is 2.98. The van der Waals surface area contributed by atoms with Gasteiger partial charge < -0.3 is 14.6 Å². The maximum Gasteiger partial charge on any atom is 0.308 e. The van der Waals surface area contributed by atoms with Crippen molar-refractivity contribution in [3.05, 3.63) is 48.0 Å². The molecule has 0 radical (unpaired) electrons. The summed E-state index contributed by atoms with van der Waals surface area (Å²) in [5.74, 6) is -0.341. The van der Waals surface area contributed by atoms with Crippen LogP contribution in [-0.4, -0.2) is 38.7 Å². The minimum absolute atomic E-state index is 0.349. The molecule has 0 spiro atoms. The van der Waals surface area contributed by atoms with Gasteiger partial charge in [0.15, 0.2) is 0 Å². The number of aromatic nitrogens is 3. The van der Waals surface area contributed by atoms with Crippen LogP contribution < -0.4 is 4.90 Å². The van der Waals surface area contributed by atoms with E-state index < -0.39 is 5.97 Å². The zero-order valence-electron chi connectivity index (χ0n) is 12.8. The fourth-order valence-electron chi connectivity index (χ4n) is 3.12. The number of anilines is 1. The first-order valence-electron chi connectivity index (χ1n) is 7.68. The average molecular weight is 343 g/mol. The molecule has 1 aliphatic heterocycles. The summed E-state index contributed by atoms with van der Waals surface area (Å²) in [6.45, 7) is 1.15. The molecule has 0 amide bonds. The van der Waals surface area contributed by atoms with Gasteiger partial charge in [-0.15, -0.1) is 0 Å². The molecule has 1 unspecified atom stereocenters. The van der Waals surface area contributed by atoms with Gasteiger partial charge in [-0.1, -0.05) is 11.6 Å². The van der Waals surface area contributed by atoms with Crippen LogP contribution >= 0.6 is 11.6 Å². The van der Waals surface area contributed by atoms with Crippen molar-refractivity contribution in [2.75, 3.05) is 18.0 Å². The number of imidazole rings is 1. The predicted molar refractivity (Wildman–Crippen MR) is 91.8 cm³/mol. The number of carboxylic acid groups (broad SMARTS) is 1. The molecule has 1 atom stereocenters. The van der Waals surface area contributed by atoms with Gasteiger partial charge in [0.2, 0.25) is 0 Å². The van der Waals surface area contributed by atoms with Crippen molar-refractivity contribution in [2.24, 2.45) is 5.92 Å². The quantitative estimate of drug-likeness (QED) is 0.792. The Kier molecular flexibility index (Phi) is 3.61. The largest absolute Gasteiger partial charge is 0.481 e. The molecule has 6 nitrogen and oxygen atoms in total. The molecule has 1 aliphatic rings. The Morgan fingerprint density at radius 2 is 2.21 bits per heavy atom. The zero-order chi connectivity index (χ0) is 16.7. The summed E-state index contributed by atoms with van der Waals surface area (Å²) in [6, 6.07) is 7.57. The van der Waals surface area contributed by atoms with E-state index in [9.17, 15) is 9.90 Å². The Bertz CT molecular complexity index is 910. The molecule has 3 heterocycles. The van der Waals surface area contributed by atoms with Crippen LogP contribution in [0, 0.1) is 5.92 Å². The van der Waals surface area contributed by atoms with Gasteiger partial charge in [-0.3, -0.25) is 4.79 Å². The van der Waals surface area contributed by atoms with Crippen molar-refractivity contribution in [2.45, 2.75) is 6.42 Å². The van der Waals surface area contributed by atoms with Crippen LogP contribution in [0.5, 0.6) is 0 Å². The molecule has 1 saturated heterocycles. The van der Waals surface area contributed by atoms with Crippen LogP contribution in [0.25, 0.3) is 16.6 Å². The summed E-state index contributed by atoms with van der Waals surface area (Å²) in [7, 11) is 0. The Morgan fingerprint density at radius 1 is 1.33 bits per heavy atom. The van der Waals surface area contributed by atoms with E-state index in [1.54, 1.807) is 12.5 Å². The van der Waals surface area contributed by atoms with E-state index in [4.69, 9.17) is 16.6 Å². The Labute approximate surface area is 143 Å². The Balaban J connectivity index is 1.84. The third kappa shape index (κ3) is 2.59. The molecule has 0 aliphatic carbocycles. The van der Waals surface area contributed by atoms with Gasteiger partial charge >= 0.3 is 5.97 Å². The molecule has 1 N–H and O–H groups in total. The number of nitrogens with zero attached hydrogens (tertiary/aromatic N) is 4. The fourth-order valence-corrected chi connectivity index (χ4v) is 3.28. The fraction of sp³-hybridized carbons (Fsp3) is 0.235. The molecule has 4 rings (SSSR count). The average Bonchev–Trinajstić information content (AvgIpc) is 3.25. The van der Waals surface area contributed by atoms with Crippen molar-refractivity contribution < 1.29 is 9.90 Å². The second kappa shape index (κ2) is 5.79. The standard InChI is InChI=1S/C17H15ClN4O2/c18-12-1-2-13-14(7-12)20-16(8-15(13)22-6-4-19-10-22)21-5-3-11(9-21)17(23)24/h1-2,4,6-8,10-11H,3,5,9H2,(H,23,24). The van der Waals surface area contributed by atoms with Crippen LogP contribution in [0.4, 0.5) is 5.82 Å². The summed E-state index contributed by atoms with van der Waals surface area (Å²) in [5, 5.41) is 10.8. The lowest BCUT2D eigenvalue weighted by molar-refractivity contribution is -0.140. The molecule has 3 aromatic rings. The van der Waals surface area contributed by atoms with Crippen LogP contribution in [-0.2, 0) is 4.79 Å². The highest BCUT2D eigenvalue weighted by molar-refractivity contribution is 6.31. The van der Waals surface area contributed by atoms with Crippen molar-refractivity contribution in [1.29, 1.82) is 0 Å². The first-order valence-corrected chi connectivity index (χ1v) is 8.06. The van der Waals surface area contributed by atoms with E-state index in [0.29, 0.717) is 24.5 Å². The second-order valence-corrected chi connectivity index (χ2v) is 6.34. The number of hydrogen-bond acceptors (Lipinski definition) is 4. The molecule has 0 saturated carbocycles. The van der Waals surface area contributed by atoms with Gasteiger partial charge in [-0.2, -0.15) is 0 Å². The van der Waals surface area contributed by atoms with E-state index in [2.05, 4.69) is 4.98 Å². The number of carbonyl (C=O) groups is 1. The summed E-state index contributed by atoms with van der Waals surface area (Å²) in [5.41, 5.74) is 1.73. The Hall–Kier alpha value is -2.60. The molecule has 2 aromatic heterocycles. The number of hydrogen-bond donors (Lipinski definition) is 1. The lowest BCUT2D eigenvalue weighted by Crippen LogP contribution is -2.23. The molecule has 1 fully saturated rings. The molecule has 0 bridgehead atoms. The minimum atomic E-state index is -0.754. The van der Waals surface area contributed by atoms with Crippen LogP contribution in [0.2, 0.25) is 5.02 Å². The molecule has 1 aromatic carbocycles. The van der Waals surface area contributed by atoms with Gasteiger partial charge in [0.25, 0.3) is 0 Å². The summed E-state index contributed by atoms with van der Waals surface area (Å²) >= 11 is 6.12. The number of fused-ring (bicyclic) bond motifs is 1. The number of aliphatic carboxylic acids is 1. The lowest BCUT2D eigenvalue weighted by atomic mass is 10.1. The number of rotatable bonds is 3. The topological polar surface area (TPSA) is 71.2 Å². The molecule has 24 heavy (non-hydrogen) atoms. The van der Waals surface area contributed by atoms with E-state index in [0.717, 1.165) is 22.4 Å². The normalized spacial score (nSPS) is 17.5. The smallest absolute Gasteiger partial charge is 0.308 e. The van der Waals surface area contributed by atoms with Gasteiger partial charge in [-0.25, -0.2) is 9.97 Å². The van der Waals surface area contributed by atoms with Crippen LogP contribution in [0.3, 0.4) is 0 Å². The molecule has 122 valence electrons. The zero-order valence-corrected chi connectivity index (χ0v) is 13.5. The number of carboxylic acids is 1. The molecular formula is C17H15ClN4O2.